The summed E-state index contributed by atoms with van der Waals surface area (Å²) in [4.78, 5) is 11.8. The third-order valence-electron chi connectivity index (χ3n) is 2.79. The van der Waals surface area contributed by atoms with Gasteiger partial charge >= 0.3 is 6.18 Å². The first-order valence-corrected chi connectivity index (χ1v) is 8.31. The summed E-state index contributed by atoms with van der Waals surface area (Å²) in [6, 6.07) is 4.18. The molecular formula is C13H17F3N2O4S. The number of anilines is 1. The molecular weight excluding hydrogens is 337 g/mol. The van der Waals surface area contributed by atoms with Crippen molar-refractivity contribution in [1.82, 2.24) is 5.32 Å². The van der Waals surface area contributed by atoms with E-state index in [-0.39, 0.29) is 13.2 Å². The minimum Gasteiger partial charge on any atom is -0.383 e. The van der Waals surface area contributed by atoms with Gasteiger partial charge in [-0.1, -0.05) is 12.1 Å². The average molecular weight is 354 g/mol. The number of nitrogens with one attached hydrogen (secondary N) is 1. The van der Waals surface area contributed by atoms with Crippen molar-refractivity contribution in [3.8, 4) is 0 Å². The predicted molar refractivity (Wildman–Crippen MR) is 78.5 cm³/mol. The van der Waals surface area contributed by atoms with Crippen molar-refractivity contribution in [3.63, 3.8) is 0 Å². The number of carbonyl (C=O) groups is 1. The fourth-order valence-electron chi connectivity index (χ4n) is 1.79. The van der Waals surface area contributed by atoms with Gasteiger partial charge in [-0.15, -0.1) is 0 Å². The van der Waals surface area contributed by atoms with E-state index in [9.17, 15) is 26.4 Å². The monoisotopic (exact) mass is 354 g/mol. The summed E-state index contributed by atoms with van der Waals surface area (Å²) in [7, 11) is -2.67. The van der Waals surface area contributed by atoms with Crippen LogP contribution in [0.5, 0.6) is 0 Å². The molecule has 1 rings (SSSR count). The number of halogens is 3. The Kier molecular flexibility index (Phi) is 6.39. The van der Waals surface area contributed by atoms with Gasteiger partial charge in [0.15, 0.2) is 0 Å². The first-order chi connectivity index (χ1) is 10.6. The van der Waals surface area contributed by atoms with Crippen molar-refractivity contribution >= 4 is 21.6 Å². The zero-order valence-electron chi connectivity index (χ0n) is 12.6. The number of methoxy groups -OCH3 is 1. The number of carbonyl (C=O) groups excluding carboxylic acids is 1. The largest absolute Gasteiger partial charge is 0.418 e. The summed E-state index contributed by atoms with van der Waals surface area (Å²) >= 11 is 0. The number of alkyl halides is 3. The Balaban J connectivity index is 3.13. The molecule has 1 amide bonds. The number of amides is 1. The highest BCUT2D eigenvalue weighted by Gasteiger charge is 2.36. The van der Waals surface area contributed by atoms with Crippen molar-refractivity contribution in [2.24, 2.45) is 0 Å². The zero-order chi connectivity index (χ0) is 17.7. The summed E-state index contributed by atoms with van der Waals surface area (Å²) in [6.45, 7) is -0.437. The van der Waals surface area contributed by atoms with Crippen LogP contribution in [0.2, 0.25) is 0 Å². The van der Waals surface area contributed by atoms with Crippen molar-refractivity contribution in [2.45, 2.75) is 6.18 Å². The summed E-state index contributed by atoms with van der Waals surface area (Å²) in [5.41, 5.74) is -1.72. The SMILES string of the molecule is COCCNC(=O)CN(c1ccccc1C(F)(F)F)S(C)(=O)=O. The summed E-state index contributed by atoms with van der Waals surface area (Å²) in [5, 5.41) is 2.36. The van der Waals surface area contributed by atoms with Crippen LogP contribution in [-0.4, -0.2) is 47.4 Å². The lowest BCUT2D eigenvalue weighted by Crippen LogP contribution is -2.42. The van der Waals surface area contributed by atoms with Crippen LogP contribution in [0.15, 0.2) is 24.3 Å². The Bertz CT molecular complexity index is 647. The number of hydrogen-bond donors (Lipinski definition) is 1. The Labute approximate surface area is 132 Å². The lowest BCUT2D eigenvalue weighted by molar-refractivity contribution is -0.137. The van der Waals surface area contributed by atoms with Crippen molar-refractivity contribution in [2.75, 3.05) is 37.4 Å². The number of para-hydroxylation sites is 1. The molecule has 1 aromatic rings. The van der Waals surface area contributed by atoms with Gasteiger partial charge in [0.2, 0.25) is 15.9 Å². The van der Waals surface area contributed by atoms with Gasteiger partial charge in [0.05, 0.1) is 24.1 Å². The van der Waals surface area contributed by atoms with Crippen LogP contribution in [-0.2, 0) is 25.7 Å². The minimum atomic E-state index is -4.74. The van der Waals surface area contributed by atoms with Gasteiger partial charge in [-0.2, -0.15) is 13.2 Å². The zero-order valence-corrected chi connectivity index (χ0v) is 13.4. The Hall–Kier alpha value is -1.81. The molecule has 0 spiro atoms. The topological polar surface area (TPSA) is 75.7 Å². The third kappa shape index (κ3) is 5.71. The molecule has 0 heterocycles. The maximum atomic E-state index is 13.0. The second-order valence-corrected chi connectivity index (χ2v) is 6.53. The van der Waals surface area contributed by atoms with Gasteiger partial charge in [-0.3, -0.25) is 9.10 Å². The highest BCUT2D eigenvalue weighted by molar-refractivity contribution is 7.92. The van der Waals surface area contributed by atoms with Crippen LogP contribution in [0, 0.1) is 0 Å². The van der Waals surface area contributed by atoms with E-state index in [1.54, 1.807) is 0 Å². The molecule has 23 heavy (non-hydrogen) atoms. The van der Waals surface area contributed by atoms with Crippen molar-refractivity contribution < 1.29 is 31.1 Å². The molecule has 1 N–H and O–H groups in total. The van der Waals surface area contributed by atoms with E-state index in [2.05, 4.69) is 5.32 Å². The molecule has 0 atom stereocenters. The maximum absolute atomic E-state index is 13.0. The molecule has 0 aliphatic rings. The van der Waals surface area contributed by atoms with Gasteiger partial charge in [-0.25, -0.2) is 8.42 Å². The van der Waals surface area contributed by atoms with Crippen LogP contribution in [0.1, 0.15) is 5.56 Å². The van der Waals surface area contributed by atoms with Crippen LogP contribution in [0.4, 0.5) is 18.9 Å². The minimum absolute atomic E-state index is 0.119. The number of sulfonamides is 1. The second kappa shape index (κ2) is 7.64. The highest BCUT2D eigenvalue weighted by Crippen LogP contribution is 2.37. The van der Waals surface area contributed by atoms with Gasteiger partial charge in [0.1, 0.15) is 6.54 Å². The first kappa shape index (κ1) is 19.2. The molecule has 0 aromatic heterocycles. The second-order valence-electron chi connectivity index (χ2n) is 4.63. The molecule has 1 aromatic carbocycles. The molecule has 6 nitrogen and oxygen atoms in total. The lowest BCUT2D eigenvalue weighted by atomic mass is 10.1. The summed E-state index contributed by atoms with van der Waals surface area (Å²) in [5.74, 6) is -0.732. The molecule has 0 unspecified atom stereocenters. The third-order valence-corrected chi connectivity index (χ3v) is 3.92. The fourth-order valence-corrected chi connectivity index (χ4v) is 2.66. The van der Waals surface area contributed by atoms with Crippen LogP contribution < -0.4 is 9.62 Å². The highest BCUT2D eigenvalue weighted by atomic mass is 32.2. The average Bonchev–Trinajstić information content (AvgIpc) is 2.43. The van der Waals surface area contributed by atoms with Crippen molar-refractivity contribution in [3.05, 3.63) is 29.8 Å². The van der Waals surface area contributed by atoms with Gasteiger partial charge in [0.25, 0.3) is 0 Å². The van der Waals surface area contributed by atoms with E-state index < -0.39 is 39.9 Å². The van der Waals surface area contributed by atoms with E-state index in [0.29, 0.717) is 4.31 Å². The molecule has 0 radical (unpaired) electrons. The Morgan fingerprint density at radius 1 is 1.30 bits per heavy atom. The standard InChI is InChI=1S/C13H17F3N2O4S/c1-22-8-7-17-12(19)9-18(23(2,20)21)11-6-4-3-5-10(11)13(14,15)16/h3-6H,7-9H2,1-2H3,(H,17,19). The van der Waals surface area contributed by atoms with E-state index in [1.807, 2.05) is 0 Å². The smallest absolute Gasteiger partial charge is 0.383 e. The van der Waals surface area contributed by atoms with Gasteiger partial charge in [-0.05, 0) is 12.1 Å². The van der Waals surface area contributed by atoms with Crippen LogP contribution in [0.25, 0.3) is 0 Å². The molecule has 10 heteroatoms. The quantitative estimate of drug-likeness (QED) is 0.748. The van der Waals surface area contributed by atoms with Crippen LogP contribution in [0.3, 0.4) is 0 Å². The molecule has 0 saturated carbocycles. The van der Waals surface area contributed by atoms with E-state index >= 15 is 0 Å². The predicted octanol–water partition coefficient (Wildman–Crippen LogP) is 1.23. The normalized spacial score (nSPS) is 12.0. The summed E-state index contributed by atoms with van der Waals surface area (Å²) in [6.07, 6.45) is -4.01. The number of benzene rings is 1. The molecule has 0 aliphatic heterocycles. The van der Waals surface area contributed by atoms with Gasteiger partial charge < -0.3 is 10.1 Å². The maximum Gasteiger partial charge on any atom is 0.418 e. The van der Waals surface area contributed by atoms with Crippen molar-refractivity contribution in [1.29, 1.82) is 0 Å². The van der Waals surface area contributed by atoms with Crippen LogP contribution >= 0.6 is 0 Å². The molecule has 130 valence electrons. The van der Waals surface area contributed by atoms with E-state index in [0.717, 1.165) is 24.5 Å². The number of ether oxygens (including phenoxy) is 1. The summed E-state index contributed by atoms with van der Waals surface area (Å²) < 4.78 is 67.9. The first-order valence-electron chi connectivity index (χ1n) is 6.47. The number of hydrogen-bond acceptors (Lipinski definition) is 4. The van der Waals surface area contributed by atoms with E-state index in [4.69, 9.17) is 4.74 Å². The number of rotatable bonds is 7. The Morgan fingerprint density at radius 2 is 1.91 bits per heavy atom. The fraction of sp³-hybridized carbons (Fsp3) is 0.462. The molecule has 0 saturated heterocycles. The Morgan fingerprint density at radius 3 is 2.43 bits per heavy atom. The molecule has 0 aliphatic carbocycles. The number of nitrogens with zero attached hydrogens (tertiary/aromatic N) is 1. The molecule has 0 bridgehead atoms. The van der Waals surface area contributed by atoms with Gasteiger partial charge in [0, 0.05) is 13.7 Å². The van der Waals surface area contributed by atoms with E-state index in [1.165, 1.54) is 13.2 Å². The molecule has 0 fully saturated rings. The lowest BCUT2D eigenvalue weighted by Gasteiger charge is -2.25.